The fourth-order valence-electron chi connectivity index (χ4n) is 2.21. The first kappa shape index (κ1) is 16.3. The minimum Gasteiger partial charge on any atom is -0.497 e. The van der Waals surface area contributed by atoms with Gasteiger partial charge in [-0.05, 0) is 18.2 Å². The highest BCUT2D eigenvalue weighted by atomic mass is 16.5. The first-order valence-corrected chi connectivity index (χ1v) is 7.01. The molecule has 1 heterocycles. The number of rotatable bonds is 5. The van der Waals surface area contributed by atoms with E-state index in [1.54, 1.807) is 12.1 Å². The number of carbonyl (C=O) groups excluding carboxylic acids is 2. The van der Waals surface area contributed by atoms with Crippen LogP contribution in [0.5, 0.6) is 5.75 Å². The Kier molecular flexibility index (Phi) is 5.74. The number of hydrogen-bond acceptors (Lipinski definition) is 6. The van der Waals surface area contributed by atoms with E-state index in [1.807, 2.05) is 0 Å². The number of morpholine rings is 1. The third-order valence-corrected chi connectivity index (χ3v) is 3.34. The minimum atomic E-state index is -0.534. The van der Waals surface area contributed by atoms with E-state index in [4.69, 9.17) is 14.2 Å². The molecule has 2 N–H and O–H groups in total. The van der Waals surface area contributed by atoms with E-state index in [9.17, 15) is 9.59 Å². The topological polar surface area (TPSA) is 85.9 Å². The van der Waals surface area contributed by atoms with Crippen LogP contribution in [0.15, 0.2) is 18.2 Å². The molecule has 0 saturated carbocycles. The highest BCUT2D eigenvalue weighted by Gasteiger charge is 2.19. The molecule has 1 aliphatic heterocycles. The second kappa shape index (κ2) is 7.77. The van der Waals surface area contributed by atoms with Crippen LogP contribution in [-0.4, -0.2) is 51.9 Å². The number of esters is 1. The summed E-state index contributed by atoms with van der Waals surface area (Å²) in [6, 6.07) is 4.80. The van der Waals surface area contributed by atoms with Gasteiger partial charge in [0, 0.05) is 19.0 Å². The Morgan fingerprint density at radius 2 is 2.23 bits per heavy atom. The van der Waals surface area contributed by atoms with Gasteiger partial charge in [0.2, 0.25) is 5.91 Å². The van der Waals surface area contributed by atoms with Crippen LogP contribution >= 0.6 is 0 Å². The molecule has 120 valence electrons. The molecule has 2 rings (SSSR count). The van der Waals surface area contributed by atoms with Gasteiger partial charge in [0.15, 0.2) is 0 Å². The summed E-state index contributed by atoms with van der Waals surface area (Å²) in [5.41, 5.74) is 0.650. The summed E-state index contributed by atoms with van der Waals surface area (Å²) in [5.74, 6) is -0.215. The van der Waals surface area contributed by atoms with E-state index >= 15 is 0 Å². The van der Waals surface area contributed by atoms with Crippen molar-refractivity contribution in [2.45, 2.75) is 12.5 Å². The van der Waals surface area contributed by atoms with Crippen LogP contribution in [0.1, 0.15) is 16.8 Å². The van der Waals surface area contributed by atoms with Gasteiger partial charge in [0.1, 0.15) is 5.75 Å². The molecular weight excluding hydrogens is 288 g/mol. The lowest BCUT2D eigenvalue weighted by Crippen LogP contribution is -2.43. The molecule has 0 radical (unpaired) electrons. The van der Waals surface area contributed by atoms with Gasteiger partial charge in [-0.2, -0.15) is 0 Å². The van der Waals surface area contributed by atoms with Crippen molar-refractivity contribution in [1.82, 2.24) is 5.32 Å². The van der Waals surface area contributed by atoms with E-state index in [0.29, 0.717) is 24.7 Å². The summed E-state index contributed by atoms with van der Waals surface area (Å²) < 4.78 is 15.1. The summed E-state index contributed by atoms with van der Waals surface area (Å²) >= 11 is 0. The number of nitrogens with one attached hydrogen (secondary N) is 2. The number of carbonyl (C=O) groups is 2. The van der Waals surface area contributed by atoms with Crippen molar-refractivity contribution < 1.29 is 23.8 Å². The molecule has 0 aromatic heterocycles. The zero-order valence-electron chi connectivity index (χ0n) is 12.7. The molecule has 7 nitrogen and oxygen atoms in total. The van der Waals surface area contributed by atoms with Crippen LogP contribution in [0, 0.1) is 0 Å². The molecule has 1 saturated heterocycles. The van der Waals surface area contributed by atoms with Crippen molar-refractivity contribution in [2.75, 3.05) is 39.3 Å². The Hall–Kier alpha value is -2.12. The molecule has 1 atom stereocenters. The average molecular weight is 308 g/mol. The first-order valence-electron chi connectivity index (χ1n) is 7.01. The average Bonchev–Trinajstić information content (AvgIpc) is 2.55. The molecule has 7 heteroatoms. The monoisotopic (exact) mass is 308 g/mol. The summed E-state index contributed by atoms with van der Waals surface area (Å²) in [6.07, 6.45) is 0.270. The van der Waals surface area contributed by atoms with Crippen molar-refractivity contribution in [3.05, 3.63) is 23.8 Å². The zero-order chi connectivity index (χ0) is 15.9. The molecule has 1 fully saturated rings. The van der Waals surface area contributed by atoms with Crippen molar-refractivity contribution in [2.24, 2.45) is 0 Å². The Morgan fingerprint density at radius 1 is 1.41 bits per heavy atom. The molecule has 0 spiro atoms. The number of benzene rings is 1. The van der Waals surface area contributed by atoms with Gasteiger partial charge in [-0.3, -0.25) is 4.79 Å². The van der Waals surface area contributed by atoms with Gasteiger partial charge >= 0.3 is 5.97 Å². The van der Waals surface area contributed by atoms with E-state index in [0.717, 1.165) is 6.54 Å². The minimum absolute atomic E-state index is 0.0198. The molecule has 0 aliphatic carbocycles. The molecule has 1 unspecified atom stereocenters. The third-order valence-electron chi connectivity index (χ3n) is 3.34. The van der Waals surface area contributed by atoms with Gasteiger partial charge in [0.05, 0.1) is 38.7 Å². The fraction of sp³-hybridized carbons (Fsp3) is 0.467. The van der Waals surface area contributed by atoms with Crippen molar-refractivity contribution in [3.63, 3.8) is 0 Å². The Morgan fingerprint density at radius 3 is 2.86 bits per heavy atom. The largest absolute Gasteiger partial charge is 0.497 e. The standard InChI is InChI=1S/C15H20N2O5/c1-20-11-3-4-13(12(8-11)15(19)21-2)17-14(18)7-10-9-22-6-5-16-10/h3-4,8,10,16H,5-7,9H2,1-2H3,(H,17,18). The predicted octanol–water partition coefficient (Wildman–Crippen LogP) is 0.799. The maximum Gasteiger partial charge on any atom is 0.340 e. The summed E-state index contributed by atoms with van der Waals surface area (Å²) in [4.78, 5) is 23.9. The molecule has 1 aromatic carbocycles. The first-order chi connectivity index (χ1) is 10.6. The molecule has 0 bridgehead atoms. The van der Waals surface area contributed by atoms with Crippen LogP contribution in [-0.2, 0) is 14.3 Å². The number of hydrogen-bond donors (Lipinski definition) is 2. The number of anilines is 1. The van der Waals surface area contributed by atoms with Gasteiger partial charge in [-0.15, -0.1) is 0 Å². The highest BCUT2D eigenvalue weighted by Crippen LogP contribution is 2.23. The second-order valence-corrected chi connectivity index (χ2v) is 4.88. The maximum atomic E-state index is 12.1. The van der Waals surface area contributed by atoms with Gasteiger partial charge in [-0.1, -0.05) is 0 Å². The van der Waals surface area contributed by atoms with Crippen molar-refractivity contribution >= 4 is 17.6 Å². The van der Waals surface area contributed by atoms with Crippen LogP contribution in [0.4, 0.5) is 5.69 Å². The number of methoxy groups -OCH3 is 2. The Bertz CT molecular complexity index is 541. The normalized spacial score (nSPS) is 17.6. The molecule has 1 aliphatic rings. The molecule has 1 amide bonds. The van der Waals surface area contributed by atoms with Crippen LogP contribution in [0.25, 0.3) is 0 Å². The highest BCUT2D eigenvalue weighted by molar-refractivity contribution is 6.01. The Balaban J connectivity index is 2.07. The lowest BCUT2D eigenvalue weighted by molar-refractivity contribution is -0.117. The number of ether oxygens (including phenoxy) is 3. The van der Waals surface area contributed by atoms with Crippen molar-refractivity contribution in [1.29, 1.82) is 0 Å². The smallest absolute Gasteiger partial charge is 0.340 e. The van der Waals surface area contributed by atoms with Crippen molar-refractivity contribution in [3.8, 4) is 5.75 Å². The SMILES string of the molecule is COC(=O)c1cc(OC)ccc1NC(=O)CC1COCCN1. The van der Waals surface area contributed by atoms with Crippen LogP contribution in [0.2, 0.25) is 0 Å². The number of amides is 1. The summed E-state index contributed by atoms with van der Waals surface area (Å²) in [6.45, 7) is 1.89. The van der Waals surface area contributed by atoms with Gasteiger partial charge in [-0.25, -0.2) is 4.79 Å². The van der Waals surface area contributed by atoms with E-state index in [2.05, 4.69) is 10.6 Å². The summed E-state index contributed by atoms with van der Waals surface area (Å²) in [5, 5.41) is 5.94. The van der Waals surface area contributed by atoms with E-state index < -0.39 is 5.97 Å². The lowest BCUT2D eigenvalue weighted by atomic mass is 10.1. The van der Waals surface area contributed by atoms with Gasteiger partial charge < -0.3 is 24.8 Å². The lowest BCUT2D eigenvalue weighted by Gasteiger charge is -2.23. The molecule has 22 heavy (non-hydrogen) atoms. The van der Waals surface area contributed by atoms with E-state index in [1.165, 1.54) is 20.3 Å². The quantitative estimate of drug-likeness (QED) is 0.783. The van der Waals surface area contributed by atoms with E-state index in [-0.39, 0.29) is 23.9 Å². The zero-order valence-corrected chi connectivity index (χ0v) is 12.7. The fourth-order valence-corrected chi connectivity index (χ4v) is 2.21. The Labute approximate surface area is 128 Å². The predicted molar refractivity (Wildman–Crippen MR) is 80.2 cm³/mol. The second-order valence-electron chi connectivity index (χ2n) is 4.88. The molecular formula is C15H20N2O5. The van der Waals surface area contributed by atoms with Crippen LogP contribution < -0.4 is 15.4 Å². The third kappa shape index (κ3) is 4.19. The van der Waals surface area contributed by atoms with Gasteiger partial charge in [0.25, 0.3) is 0 Å². The molecule has 1 aromatic rings. The van der Waals surface area contributed by atoms with Crippen LogP contribution in [0.3, 0.4) is 0 Å². The maximum absolute atomic E-state index is 12.1. The summed E-state index contributed by atoms with van der Waals surface area (Å²) in [7, 11) is 2.79.